The van der Waals surface area contributed by atoms with E-state index in [1.807, 2.05) is 42.5 Å². The third-order valence-corrected chi connectivity index (χ3v) is 5.42. The Hall–Kier alpha value is -4.00. The number of aromatic hydroxyl groups is 1. The molecule has 0 bridgehead atoms. The molecular weight excluding hydrogens is 406 g/mol. The van der Waals surface area contributed by atoms with Gasteiger partial charge in [-0.05, 0) is 29.3 Å². The van der Waals surface area contributed by atoms with Crippen LogP contribution < -0.4 is 9.47 Å². The molecule has 4 rings (SSSR count). The zero-order valence-electron chi connectivity index (χ0n) is 18.3. The van der Waals surface area contributed by atoms with Gasteiger partial charge in [-0.2, -0.15) is 5.10 Å². The number of hydrogen-bond donors (Lipinski definition) is 2. The molecule has 3 aromatic carbocycles. The molecule has 1 amide bonds. The standard InChI is InChI=1S/C25H25N3O4/c1-28(15-17-9-10-23(31-2)24(12-17)32-3)25(30)19-13-18-20(11-16-7-5-4-6-8-16)26-27-21(18)14-22(19)29/h4-10,12-14,29H,11,15H2,1-3H3,(H,26,27). The van der Waals surface area contributed by atoms with Crippen LogP contribution in [0.5, 0.6) is 17.2 Å². The number of carbonyl (C=O) groups is 1. The van der Waals surface area contributed by atoms with Crippen molar-refractivity contribution in [2.45, 2.75) is 13.0 Å². The van der Waals surface area contributed by atoms with Crippen molar-refractivity contribution >= 4 is 16.8 Å². The minimum Gasteiger partial charge on any atom is -0.507 e. The summed E-state index contributed by atoms with van der Waals surface area (Å²) in [7, 11) is 4.85. The molecule has 0 saturated carbocycles. The molecule has 0 aliphatic heterocycles. The Balaban J connectivity index is 1.60. The molecule has 2 N–H and O–H groups in total. The lowest BCUT2D eigenvalue weighted by atomic mass is 10.0. The lowest BCUT2D eigenvalue weighted by molar-refractivity contribution is 0.0782. The van der Waals surface area contributed by atoms with Gasteiger partial charge in [0.15, 0.2) is 11.5 Å². The summed E-state index contributed by atoms with van der Waals surface area (Å²) in [5.74, 6) is 0.837. The highest BCUT2D eigenvalue weighted by molar-refractivity contribution is 6.01. The van der Waals surface area contributed by atoms with E-state index in [0.717, 1.165) is 22.2 Å². The van der Waals surface area contributed by atoms with Crippen molar-refractivity contribution in [2.24, 2.45) is 0 Å². The van der Waals surface area contributed by atoms with Crippen LogP contribution in [-0.4, -0.2) is 47.4 Å². The summed E-state index contributed by atoms with van der Waals surface area (Å²) < 4.78 is 10.6. The number of aromatic amines is 1. The Morgan fingerprint density at radius 3 is 2.47 bits per heavy atom. The van der Waals surface area contributed by atoms with Gasteiger partial charge in [-0.15, -0.1) is 0 Å². The number of nitrogens with one attached hydrogen (secondary N) is 1. The van der Waals surface area contributed by atoms with Crippen molar-refractivity contribution < 1.29 is 19.4 Å². The molecule has 7 nitrogen and oxygen atoms in total. The van der Waals surface area contributed by atoms with Gasteiger partial charge >= 0.3 is 0 Å². The molecule has 0 spiro atoms. The number of hydrogen-bond acceptors (Lipinski definition) is 5. The summed E-state index contributed by atoms with van der Waals surface area (Å²) in [6, 6.07) is 18.8. The topological polar surface area (TPSA) is 87.7 Å². The Labute approximate surface area is 186 Å². The van der Waals surface area contributed by atoms with E-state index in [1.165, 1.54) is 6.07 Å². The second-order valence-electron chi connectivity index (χ2n) is 7.60. The lowest BCUT2D eigenvalue weighted by Crippen LogP contribution is -2.26. The van der Waals surface area contributed by atoms with E-state index in [1.54, 1.807) is 38.3 Å². The summed E-state index contributed by atoms with van der Waals surface area (Å²) in [5.41, 5.74) is 3.75. The van der Waals surface area contributed by atoms with Crippen molar-refractivity contribution in [3.8, 4) is 17.2 Å². The molecule has 0 saturated heterocycles. The second-order valence-corrected chi connectivity index (χ2v) is 7.60. The molecular formula is C25H25N3O4. The minimum atomic E-state index is -0.286. The number of fused-ring (bicyclic) bond motifs is 1. The Bertz CT molecular complexity index is 1250. The molecule has 7 heteroatoms. The fraction of sp³-hybridized carbons (Fsp3) is 0.200. The van der Waals surface area contributed by atoms with E-state index in [2.05, 4.69) is 10.2 Å². The smallest absolute Gasteiger partial charge is 0.257 e. The third-order valence-electron chi connectivity index (χ3n) is 5.42. The van der Waals surface area contributed by atoms with Crippen LogP contribution in [0, 0.1) is 0 Å². The monoisotopic (exact) mass is 431 g/mol. The number of rotatable bonds is 7. The Kier molecular flexibility index (Phi) is 5.98. The predicted molar refractivity (Wildman–Crippen MR) is 122 cm³/mol. The van der Waals surface area contributed by atoms with Gasteiger partial charge in [-0.25, -0.2) is 0 Å². The van der Waals surface area contributed by atoms with Gasteiger partial charge in [-0.1, -0.05) is 36.4 Å². The van der Waals surface area contributed by atoms with E-state index < -0.39 is 0 Å². The van der Waals surface area contributed by atoms with Crippen LogP contribution in [0.3, 0.4) is 0 Å². The van der Waals surface area contributed by atoms with Crippen LogP contribution in [0.1, 0.15) is 27.2 Å². The number of carbonyl (C=O) groups excluding carboxylic acids is 1. The average Bonchev–Trinajstić information content (AvgIpc) is 3.19. The molecule has 0 atom stereocenters. The fourth-order valence-electron chi connectivity index (χ4n) is 3.74. The van der Waals surface area contributed by atoms with Crippen LogP contribution in [0.2, 0.25) is 0 Å². The van der Waals surface area contributed by atoms with Crippen molar-refractivity contribution in [3.63, 3.8) is 0 Å². The number of benzene rings is 3. The van der Waals surface area contributed by atoms with E-state index in [9.17, 15) is 9.90 Å². The molecule has 0 aliphatic rings. The first-order valence-electron chi connectivity index (χ1n) is 10.2. The van der Waals surface area contributed by atoms with Gasteiger partial charge < -0.3 is 19.5 Å². The van der Waals surface area contributed by atoms with Crippen molar-refractivity contribution in [2.75, 3.05) is 21.3 Å². The highest BCUT2D eigenvalue weighted by Gasteiger charge is 2.20. The van der Waals surface area contributed by atoms with Crippen molar-refractivity contribution in [1.29, 1.82) is 0 Å². The normalized spacial score (nSPS) is 10.8. The minimum absolute atomic E-state index is 0.0978. The van der Waals surface area contributed by atoms with E-state index in [-0.39, 0.29) is 17.2 Å². The number of methoxy groups -OCH3 is 2. The first-order chi connectivity index (χ1) is 15.5. The maximum absolute atomic E-state index is 13.2. The number of nitrogens with zero attached hydrogens (tertiary/aromatic N) is 2. The number of phenolic OH excluding ortho intramolecular Hbond substituents is 1. The van der Waals surface area contributed by atoms with Crippen molar-refractivity contribution in [3.05, 3.63) is 83.0 Å². The van der Waals surface area contributed by atoms with Gasteiger partial charge in [0, 0.05) is 37.2 Å². The zero-order chi connectivity index (χ0) is 22.7. The molecule has 32 heavy (non-hydrogen) atoms. The third kappa shape index (κ3) is 4.23. The number of amides is 1. The SMILES string of the molecule is COc1ccc(CN(C)C(=O)c2cc3c(Cc4ccccc4)[nH]nc3cc2O)cc1OC. The van der Waals surface area contributed by atoms with Gasteiger partial charge in [0.1, 0.15) is 5.75 Å². The molecule has 0 fully saturated rings. The fourth-order valence-corrected chi connectivity index (χ4v) is 3.74. The highest BCUT2D eigenvalue weighted by Crippen LogP contribution is 2.30. The molecule has 0 aliphatic carbocycles. The van der Waals surface area contributed by atoms with Gasteiger partial charge in [0.25, 0.3) is 5.91 Å². The first kappa shape index (κ1) is 21.2. The molecule has 164 valence electrons. The number of H-pyrrole nitrogens is 1. The number of phenols is 1. The summed E-state index contributed by atoms with van der Waals surface area (Å²) in [5, 5.41) is 18.6. The van der Waals surface area contributed by atoms with Gasteiger partial charge in [-0.3, -0.25) is 9.89 Å². The maximum atomic E-state index is 13.2. The Morgan fingerprint density at radius 1 is 1.00 bits per heavy atom. The first-order valence-corrected chi connectivity index (χ1v) is 10.2. The molecule has 1 heterocycles. The zero-order valence-corrected chi connectivity index (χ0v) is 18.3. The highest BCUT2D eigenvalue weighted by atomic mass is 16.5. The van der Waals surface area contributed by atoms with E-state index in [0.29, 0.717) is 30.0 Å². The number of ether oxygens (including phenoxy) is 2. The summed E-state index contributed by atoms with van der Waals surface area (Å²) in [6.45, 7) is 0.346. The van der Waals surface area contributed by atoms with Crippen LogP contribution in [0.25, 0.3) is 10.9 Å². The summed E-state index contributed by atoms with van der Waals surface area (Å²) in [4.78, 5) is 14.7. The molecule has 4 aromatic rings. The van der Waals surface area contributed by atoms with Crippen LogP contribution in [0.4, 0.5) is 0 Å². The molecule has 1 aromatic heterocycles. The summed E-state index contributed by atoms with van der Waals surface area (Å²) in [6.07, 6.45) is 0.650. The Morgan fingerprint density at radius 2 is 1.75 bits per heavy atom. The largest absolute Gasteiger partial charge is 0.507 e. The van der Waals surface area contributed by atoms with Crippen molar-refractivity contribution in [1.82, 2.24) is 15.1 Å². The average molecular weight is 431 g/mol. The van der Waals surface area contributed by atoms with Gasteiger partial charge in [0.05, 0.1) is 25.3 Å². The van der Waals surface area contributed by atoms with Gasteiger partial charge in [0.2, 0.25) is 0 Å². The maximum Gasteiger partial charge on any atom is 0.257 e. The predicted octanol–water partition coefficient (Wildman–Crippen LogP) is 4.15. The number of aromatic nitrogens is 2. The van der Waals surface area contributed by atoms with E-state index >= 15 is 0 Å². The second kappa shape index (κ2) is 9.01. The molecule has 0 radical (unpaired) electrons. The van der Waals surface area contributed by atoms with Crippen LogP contribution in [0.15, 0.2) is 60.7 Å². The molecule has 0 unspecified atom stereocenters. The van der Waals surface area contributed by atoms with Crippen LogP contribution >= 0.6 is 0 Å². The van der Waals surface area contributed by atoms with Crippen LogP contribution in [-0.2, 0) is 13.0 Å². The lowest BCUT2D eigenvalue weighted by Gasteiger charge is -2.19. The van der Waals surface area contributed by atoms with E-state index in [4.69, 9.17) is 9.47 Å². The summed E-state index contributed by atoms with van der Waals surface area (Å²) >= 11 is 0. The quantitative estimate of drug-likeness (QED) is 0.459.